The van der Waals surface area contributed by atoms with Crippen LogP contribution in [0.5, 0.6) is 0 Å². The van der Waals surface area contributed by atoms with Crippen LogP contribution in [-0.2, 0) is 4.79 Å². The zero-order chi connectivity index (χ0) is 18.1. The van der Waals surface area contributed by atoms with Gasteiger partial charge in [0.05, 0.1) is 0 Å². The van der Waals surface area contributed by atoms with Crippen molar-refractivity contribution >= 4 is 11.6 Å². The van der Waals surface area contributed by atoms with Gasteiger partial charge in [-0.2, -0.15) is 5.26 Å². The minimum absolute atomic E-state index is 0.128. The molecule has 0 aromatic heterocycles. The number of carbonyl (C=O) groups is 1. The summed E-state index contributed by atoms with van der Waals surface area (Å²) in [5.74, 6) is -0.316. The van der Waals surface area contributed by atoms with E-state index in [1.54, 1.807) is 6.20 Å². The van der Waals surface area contributed by atoms with E-state index < -0.39 is 0 Å². The molecule has 0 atom stereocenters. The van der Waals surface area contributed by atoms with Gasteiger partial charge < -0.3 is 15.5 Å². The van der Waals surface area contributed by atoms with Gasteiger partial charge in [0.1, 0.15) is 11.6 Å². The van der Waals surface area contributed by atoms with Gasteiger partial charge in [-0.1, -0.05) is 12.1 Å². The number of carbonyl (C=O) groups excluding carboxylic acids is 1. The van der Waals surface area contributed by atoms with E-state index in [0.29, 0.717) is 13.1 Å². The highest BCUT2D eigenvalue weighted by Crippen LogP contribution is 2.17. The predicted molar refractivity (Wildman–Crippen MR) is 100 cm³/mol. The number of piperazine rings is 1. The van der Waals surface area contributed by atoms with Crippen LogP contribution in [0.25, 0.3) is 0 Å². The lowest BCUT2D eigenvalue weighted by atomic mass is 10.2. The van der Waals surface area contributed by atoms with Gasteiger partial charge in [0.2, 0.25) is 0 Å². The second-order valence-corrected chi connectivity index (χ2v) is 6.13. The van der Waals surface area contributed by atoms with Crippen LogP contribution in [0.4, 0.5) is 5.69 Å². The molecule has 25 heavy (non-hydrogen) atoms. The Morgan fingerprint density at radius 1 is 1.44 bits per heavy atom. The van der Waals surface area contributed by atoms with Crippen molar-refractivity contribution in [2.45, 2.75) is 13.8 Å². The summed E-state index contributed by atoms with van der Waals surface area (Å²) >= 11 is 0. The summed E-state index contributed by atoms with van der Waals surface area (Å²) in [6.45, 7) is 10.0. The topological polar surface area (TPSA) is 71.4 Å². The van der Waals surface area contributed by atoms with E-state index in [9.17, 15) is 10.1 Å². The van der Waals surface area contributed by atoms with E-state index in [2.05, 4.69) is 15.5 Å². The molecule has 1 aliphatic rings. The van der Waals surface area contributed by atoms with Crippen LogP contribution >= 0.6 is 0 Å². The lowest BCUT2D eigenvalue weighted by molar-refractivity contribution is -0.117. The number of benzene rings is 1. The number of rotatable bonds is 7. The van der Waals surface area contributed by atoms with E-state index in [1.165, 1.54) is 0 Å². The van der Waals surface area contributed by atoms with Crippen LogP contribution in [0, 0.1) is 18.3 Å². The third kappa shape index (κ3) is 5.89. The molecule has 1 heterocycles. The van der Waals surface area contributed by atoms with Crippen LogP contribution < -0.4 is 15.5 Å². The zero-order valence-electron chi connectivity index (χ0n) is 15.1. The fourth-order valence-corrected chi connectivity index (χ4v) is 2.81. The van der Waals surface area contributed by atoms with E-state index >= 15 is 0 Å². The molecule has 0 unspecified atom stereocenters. The summed E-state index contributed by atoms with van der Waals surface area (Å²) in [5, 5.41) is 15.5. The number of nitrogens with one attached hydrogen (secondary N) is 2. The Kier molecular flexibility index (Phi) is 7.45. The van der Waals surface area contributed by atoms with Crippen molar-refractivity contribution in [2.24, 2.45) is 0 Å². The van der Waals surface area contributed by atoms with Crippen molar-refractivity contribution in [3.8, 4) is 6.07 Å². The maximum atomic E-state index is 12.3. The minimum atomic E-state index is -0.316. The van der Waals surface area contributed by atoms with Crippen LogP contribution in [0.3, 0.4) is 0 Å². The number of nitriles is 1. The Labute approximate surface area is 150 Å². The van der Waals surface area contributed by atoms with Gasteiger partial charge in [0, 0.05) is 57.7 Å². The molecule has 2 N–H and O–H groups in total. The molecular weight excluding hydrogens is 314 g/mol. The number of hydrogen-bond acceptors (Lipinski definition) is 5. The molecule has 6 heteroatoms. The highest BCUT2D eigenvalue weighted by molar-refractivity contribution is 5.97. The van der Waals surface area contributed by atoms with Crippen LogP contribution in [0.15, 0.2) is 36.0 Å². The molecule has 2 rings (SSSR count). The maximum absolute atomic E-state index is 12.3. The molecule has 1 aromatic carbocycles. The fourth-order valence-electron chi connectivity index (χ4n) is 2.81. The van der Waals surface area contributed by atoms with Gasteiger partial charge in [-0.3, -0.25) is 9.69 Å². The molecule has 0 saturated carbocycles. The van der Waals surface area contributed by atoms with E-state index in [-0.39, 0.29) is 11.5 Å². The van der Waals surface area contributed by atoms with Crippen molar-refractivity contribution in [3.63, 3.8) is 0 Å². The zero-order valence-corrected chi connectivity index (χ0v) is 15.1. The summed E-state index contributed by atoms with van der Waals surface area (Å²) in [6.07, 6.45) is 1.63. The average Bonchev–Trinajstić information content (AvgIpc) is 2.63. The van der Waals surface area contributed by atoms with E-state index in [0.717, 1.165) is 44.0 Å². The van der Waals surface area contributed by atoms with Gasteiger partial charge in [0.15, 0.2) is 0 Å². The molecule has 0 aliphatic carbocycles. The molecule has 0 spiro atoms. The lowest BCUT2D eigenvalue weighted by Crippen LogP contribution is -2.46. The average molecular weight is 341 g/mol. The number of nitrogens with zero attached hydrogens (tertiary/aromatic N) is 3. The van der Waals surface area contributed by atoms with E-state index in [4.69, 9.17) is 0 Å². The van der Waals surface area contributed by atoms with E-state index in [1.807, 2.05) is 49.1 Å². The normalized spacial score (nSPS) is 15.5. The molecule has 0 bridgehead atoms. The smallest absolute Gasteiger partial charge is 0.263 e. The second-order valence-electron chi connectivity index (χ2n) is 6.13. The molecule has 1 saturated heterocycles. The molecule has 1 amide bonds. The first kappa shape index (κ1) is 19.0. The Morgan fingerprint density at radius 2 is 2.20 bits per heavy atom. The summed E-state index contributed by atoms with van der Waals surface area (Å²) < 4.78 is 0. The lowest BCUT2D eigenvalue weighted by Gasteiger charge is -2.27. The van der Waals surface area contributed by atoms with Crippen molar-refractivity contribution < 1.29 is 4.79 Å². The summed E-state index contributed by atoms with van der Waals surface area (Å²) in [6, 6.07) is 10.0. The molecule has 1 aromatic rings. The quantitative estimate of drug-likeness (QED) is 0.577. The highest BCUT2D eigenvalue weighted by Gasteiger charge is 2.13. The molecule has 134 valence electrons. The second kappa shape index (κ2) is 9.82. The van der Waals surface area contributed by atoms with Crippen molar-refractivity contribution in [1.29, 1.82) is 5.26 Å². The van der Waals surface area contributed by atoms with Gasteiger partial charge in [0.25, 0.3) is 5.91 Å². The predicted octanol–water partition coefficient (Wildman–Crippen LogP) is 1.25. The number of aryl methyl sites for hydroxylation is 1. The Bertz CT molecular complexity index is 643. The summed E-state index contributed by atoms with van der Waals surface area (Å²) in [7, 11) is 0. The van der Waals surface area contributed by atoms with Gasteiger partial charge >= 0.3 is 0 Å². The molecular formula is C19H27N5O. The molecule has 1 fully saturated rings. The maximum Gasteiger partial charge on any atom is 0.263 e. The third-order valence-electron chi connectivity index (χ3n) is 4.25. The number of amides is 1. The van der Waals surface area contributed by atoms with Gasteiger partial charge in [-0.25, -0.2) is 0 Å². The summed E-state index contributed by atoms with van der Waals surface area (Å²) in [5.41, 5.74) is 2.25. The van der Waals surface area contributed by atoms with Crippen LogP contribution in [0.2, 0.25) is 0 Å². The van der Waals surface area contributed by atoms with Gasteiger partial charge in [-0.05, 0) is 31.5 Å². The van der Waals surface area contributed by atoms with Gasteiger partial charge in [-0.15, -0.1) is 0 Å². The summed E-state index contributed by atoms with van der Waals surface area (Å²) in [4.78, 5) is 16.5. The number of hydrogen-bond donors (Lipinski definition) is 2. The SMILES string of the molecule is CCN(/C=C(/C#N)C(=O)NCCN1CCNCC1)c1cccc(C)c1. The Morgan fingerprint density at radius 3 is 2.84 bits per heavy atom. The Balaban J connectivity index is 1.95. The number of anilines is 1. The molecule has 1 aliphatic heterocycles. The minimum Gasteiger partial charge on any atom is -0.350 e. The molecule has 6 nitrogen and oxygen atoms in total. The first-order valence-corrected chi connectivity index (χ1v) is 8.80. The monoisotopic (exact) mass is 341 g/mol. The molecule has 0 radical (unpaired) electrons. The third-order valence-corrected chi connectivity index (χ3v) is 4.25. The highest BCUT2D eigenvalue weighted by atomic mass is 16.1. The van der Waals surface area contributed by atoms with Crippen molar-refractivity contribution in [1.82, 2.24) is 15.5 Å². The van der Waals surface area contributed by atoms with Crippen molar-refractivity contribution in [3.05, 3.63) is 41.6 Å². The first-order chi connectivity index (χ1) is 12.1. The van der Waals surface area contributed by atoms with Crippen LogP contribution in [0.1, 0.15) is 12.5 Å². The first-order valence-electron chi connectivity index (χ1n) is 8.80. The Hall–Kier alpha value is -2.36. The van der Waals surface area contributed by atoms with Crippen LogP contribution in [-0.4, -0.2) is 56.6 Å². The largest absolute Gasteiger partial charge is 0.350 e. The fraction of sp³-hybridized carbons (Fsp3) is 0.474. The van der Waals surface area contributed by atoms with Crippen molar-refractivity contribution in [2.75, 3.05) is 50.7 Å². The standard InChI is InChI=1S/C19H27N5O/c1-3-24(18-6-4-5-16(2)13-18)15-17(14-20)19(25)22-9-12-23-10-7-21-8-11-23/h4-6,13,15,21H,3,7-12H2,1-2H3,(H,22,25)/b17-15-.